The Kier molecular flexibility index (Phi) is 5.00. The molecule has 0 spiro atoms. The molecule has 0 aliphatic carbocycles. The summed E-state index contributed by atoms with van der Waals surface area (Å²) in [6, 6.07) is 8.70. The van der Waals surface area contributed by atoms with Crippen LogP contribution in [0.5, 0.6) is 0 Å². The van der Waals surface area contributed by atoms with E-state index in [0.29, 0.717) is 22.3 Å². The van der Waals surface area contributed by atoms with Gasteiger partial charge in [0.25, 0.3) is 5.91 Å². The number of carbonyl (C=O) groups excluding carboxylic acids is 1. The second-order valence-corrected chi connectivity index (χ2v) is 7.78. The van der Waals surface area contributed by atoms with Crippen LogP contribution < -0.4 is 5.32 Å². The number of rotatable bonds is 5. The van der Waals surface area contributed by atoms with Crippen LogP contribution in [0.1, 0.15) is 30.2 Å². The van der Waals surface area contributed by atoms with Gasteiger partial charge in [-0.05, 0) is 43.5 Å². The molecule has 0 saturated heterocycles. The smallest absolute Gasteiger partial charge is 0.306 e. The van der Waals surface area contributed by atoms with Gasteiger partial charge in [0.05, 0.1) is 32.6 Å². The Morgan fingerprint density at radius 1 is 1.30 bits per heavy atom. The third-order valence-corrected chi connectivity index (χ3v) is 5.37. The maximum absolute atomic E-state index is 13.6. The maximum Gasteiger partial charge on any atom is 0.306 e. The van der Waals surface area contributed by atoms with E-state index in [0.717, 1.165) is 17.0 Å². The van der Waals surface area contributed by atoms with Crippen LogP contribution >= 0.6 is 11.3 Å². The van der Waals surface area contributed by atoms with Crippen LogP contribution in [0.3, 0.4) is 0 Å². The van der Waals surface area contributed by atoms with Crippen molar-refractivity contribution in [3.8, 4) is 10.6 Å². The van der Waals surface area contributed by atoms with Crippen LogP contribution in [0.15, 0.2) is 48.0 Å². The number of nitrogens with one attached hydrogen (secondary N) is 1. The van der Waals surface area contributed by atoms with Crippen LogP contribution in [-0.2, 0) is 0 Å². The van der Waals surface area contributed by atoms with E-state index in [-0.39, 0.29) is 11.7 Å². The van der Waals surface area contributed by atoms with E-state index in [1.165, 1.54) is 17.4 Å². The highest BCUT2D eigenvalue weighted by Gasteiger charge is 2.20. The molecule has 0 atom stereocenters. The van der Waals surface area contributed by atoms with Crippen LogP contribution in [-0.4, -0.2) is 25.6 Å². The summed E-state index contributed by atoms with van der Waals surface area (Å²) >= 11 is 1.49. The number of hydrogen-bond donors (Lipinski definition) is 1. The molecule has 0 saturated carbocycles. The number of thiophene rings is 1. The van der Waals surface area contributed by atoms with Crippen LogP contribution in [0.25, 0.3) is 21.6 Å². The summed E-state index contributed by atoms with van der Waals surface area (Å²) in [7, 11) is 0. The van der Waals surface area contributed by atoms with Crippen LogP contribution in [0.4, 0.5) is 15.8 Å². The molecule has 30 heavy (non-hydrogen) atoms. The summed E-state index contributed by atoms with van der Waals surface area (Å²) in [6.07, 6.45) is 1.57. The van der Waals surface area contributed by atoms with Crippen molar-refractivity contribution in [1.29, 1.82) is 0 Å². The van der Waals surface area contributed by atoms with Gasteiger partial charge in [0.1, 0.15) is 0 Å². The average Bonchev–Trinajstić information content (AvgIpc) is 3.38. The van der Waals surface area contributed by atoms with Crippen molar-refractivity contribution < 1.29 is 14.1 Å². The van der Waals surface area contributed by atoms with Crippen LogP contribution in [0.2, 0.25) is 0 Å². The molecule has 3 aromatic heterocycles. The van der Waals surface area contributed by atoms with E-state index in [9.17, 15) is 19.3 Å². The van der Waals surface area contributed by atoms with Crippen molar-refractivity contribution in [2.75, 3.05) is 5.32 Å². The molecule has 1 amide bonds. The summed E-state index contributed by atoms with van der Waals surface area (Å²) in [5.74, 6) is -1.47. The van der Waals surface area contributed by atoms with Gasteiger partial charge in [-0.3, -0.25) is 14.9 Å². The molecule has 3 heterocycles. The first-order chi connectivity index (χ1) is 14.3. The largest absolute Gasteiger partial charge is 0.322 e. The number of nitrogens with zero attached hydrogens (tertiary/aromatic N) is 4. The number of fused-ring (bicyclic) bond motifs is 1. The summed E-state index contributed by atoms with van der Waals surface area (Å²) < 4.78 is 15.3. The summed E-state index contributed by atoms with van der Waals surface area (Å²) in [6.45, 7) is 3.92. The zero-order chi connectivity index (χ0) is 21.4. The van der Waals surface area contributed by atoms with Gasteiger partial charge in [0.15, 0.2) is 5.65 Å². The van der Waals surface area contributed by atoms with Crippen molar-refractivity contribution in [2.24, 2.45) is 0 Å². The summed E-state index contributed by atoms with van der Waals surface area (Å²) in [5.41, 5.74) is 0.912. The van der Waals surface area contributed by atoms with E-state index >= 15 is 0 Å². The minimum Gasteiger partial charge on any atom is -0.322 e. The molecule has 0 radical (unpaired) electrons. The number of nitro benzene ring substituents is 1. The van der Waals surface area contributed by atoms with Gasteiger partial charge in [-0.15, -0.1) is 11.3 Å². The van der Waals surface area contributed by atoms with E-state index in [1.807, 2.05) is 31.4 Å². The number of anilines is 1. The lowest BCUT2D eigenvalue weighted by molar-refractivity contribution is -0.387. The van der Waals surface area contributed by atoms with Crippen molar-refractivity contribution in [1.82, 2.24) is 14.8 Å². The molecule has 1 N–H and O–H groups in total. The Labute approximate surface area is 174 Å². The predicted molar refractivity (Wildman–Crippen MR) is 112 cm³/mol. The lowest BCUT2D eigenvalue weighted by Gasteiger charge is -2.10. The molecular formula is C20H16FN5O3S. The topological polar surface area (TPSA) is 103 Å². The normalized spacial score (nSPS) is 11.2. The van der Waals surface area contributed by atoms with Gasteiger partial charge in [0.2, 0.25) is 5.82 Å². The number of nitro groups is 1. The van der Waals surface area contributed by atoms with Gasteiger partial charge in [-0.2, -0.15) is 9.49 Å². The SMILES string of the molecule is CC(C)n1ncc2c(C(=O)Nc3ccc(F)c([N+](=O)[O-])c3)cc(-c3cccs3)nc21. The maximum atomic E-state index is 13.6. The quantitative estimate of drug-likeness (QED) is 0.356. The van der Waals surface area contributed by atoms with E-state index in [4.69, 9.17) is 0 Å². The minimum absolute atomic E-state index is 0.0317. The molecular weight excluding hydrogens is 409 g/mol. The number of benzene rings is 1. The highest BCUT2D eigenvalue weighted by Crippen LogP contribution is 2.30. The first-order valence-electron chi connectivity index (χ1n) is 9.02. The first-order valence-corrected chi connectivity index (χ1v) is 9.90. The van der Waals surface area contributed by atoms with Gasteiger partial charge >= 0.3 is 5.69 Å². The molecule has 0 aliphatic heterocycles. The van der Waals surface area contributed by atoms with E-state index in [1.54, 1.807) is 16.9 Å². The van der Waals surface area contributed by atoms with Gasteiger partial charge in [0, 0.05) is 17.8 Å². The highest BCUT2D eigenvalue weighted by molar-refractivity contribution is 7.13. The number of halogens is 1. The zero-order valence-electron chi connectivity index (χ0n) is 16.0. The predicted octanol–water partition coefficient (Wildman–Crippen LogP) is 5.04. The Balaban J connectivity index is 1.80. The molecule has 8 nitrogen and oxygen atoms in total. The second kappa shape index (κ2) is 7.64. The Morgan fingerprint density at radius 3 is 2.77 bits per heavy atom. The van der Waals surface area contributed by atoms with Gasteiger partial charge < -0.3 is 5.32 Å². The molecule has 4 aromatic rings. The highest BCUT2D eigenvalue weighted by atomic mass is 32.1. The molecule has 1 aromatic carbocycles. The molecule has 10 heteroatoms. The number of aromatic nitrogens is 3. The second-order valence-electron chi connectivity index (χ2n) is 6.83. The number of hydrogen-bond acceptors (Lipinski definition) is 6. The fourth-order valence-electron chi connectivity index (χ4n) is 3.06. The summed E-state index contributed by atoms with van der Waals surface area (Å²) in [4.78, 5) is 28.8. The lowest BCUT2D eigenvalue weighted by atomic mass is 10.1. The molecule has 4 rings (SSSR count). The minimum atomic E-state index is -0.970. The van der Waals surface area contributed by atoms with Gasteiger partial charge in [-0.1, -0.05) is 6.07 Å². The number of carbonyl (C=O) groups is 1. The molecule has 0 unspecified atom stereocenters. The number of pyridine rings is 1. The van der Waals surface area contributed by atoms with Crippen molar-refractivity contribution in [2.45, 2.75) is 19.9 Å². The standard InChI is InChI=1S/C20H16FN5O3S/c1-11(2)25-19-14(10-22-25)13(9-16(24-19)18-4-3-7-30-18)20(27)23-12-5-6-15(21)17(8-12)26(28)29/h3-11H,1-2H3,(H,23,27). The van der Waals surface area contributed by atoms with E-state index in [2.05, 4.69) is 15.4 Å². The Hall–Kier alpha value is -3.66. The fraction of sp³-hybridized carbons (Fsp3) is 0.150. The summed E-state index contributed by atoms with van der Waals surface area (Å²) in [5, 5.41) is 20.4. The Morgan fingerprint density at radius 2 is 2.10 bits per heavy atom. The molecule has 0 aliphatic rings. The molecule has 152 valence electrons. The van der Waals surface area contributed by atoms with Gasteiger partial charge in [-0.25, -0.2) is 9.67 Å². The third kappa shape index (κ3) is 3.52. The van der Waals surface area contributed by atoms with Crippen molar-refractivity contribution in [3.05, 3.63) is 69.5 Å². The van der Waals surface area contributed by atoms with Crippen molar-refractivity contribution >= 4 is 39.7 Å². The first kappa shape index (κ1) is 19.6. The zero-order valence-corrected chi connectivity index (χ0v) is 16.8. The monoisotopic (exact) mass is 425 g/mol. The fourth-order valence-corrected chi connectivity index (χ4v) is 3.75. The average molecular weight is 425 g/mol. The molecule has 0 fully saturated rings. The third-order valence-electron chi connectivity index (χ3n) is 4.47. The molecule has 0 bridgehead atoms. The Bertz CT molecular complexity index is 1270. The van der Waals surface area contributed by atoms with Crippen LogP contribution in [0, 0.1) is 15.9 Å². The van der Waals surface area contributed by atoms with E-state index < -0.39 is 22.3 Å². The number of amides is 1. The van der Waals surface area contributed by atoms with Crippen molar-refractivity contribution in [3.63, 3.8) is 0 Å². The lowest BCUT2D eigenvalue weighted by Crippen LogP contribution is -2.13.